The summed E-state index contributed by atoms with van der Waals surface area (Å²) in [7, 11) is 1.73. The number of nitrogens with zero attached hydrogens (tertiary/aromatic N) is 3. The van der Waals surface area contributed by atoms with Crippen LogP contribution >= 0.6 is 11.8 Å². The second kappa shape index (κ2) is 9.79. The van der Waals surface area contributed by atoms with Crippen LogP contribution in [0, 0.1) is 29.1 Å². The van der Waals surface area contributed by atoms with Crippen molar-refractivity contribution in [3.63, 3.8) is 0 Å². The van der Waals surface area contributed by atoms with Gasteiger partial charge in [-0.3, -0.25) is 10.8 Å². The first-order valence-corrected chi connectivity index (χ1v) is 11.5. The number of oxazole rings is 1. The molecule has 2 aliphatic rings. The molecule has 2 atom stereocenters. The summed E-state index contributed by atoms with van der Waals surface area (Å²) in [5, 5.41) is 16.9. The minimum absolute atomic E-state index is 0.172. The van der Waals surface area contributed by atoms with E-state index in [1.54, 1.807) is 18.9 Å². The van der Waals surface area contributed by atoms with E-state index in [0.717, 1.165) is 31.8 Å². The van der Waals surface area contributed by atoms with Crippen molar-refractivity contribution in [2.75, 3.05) is 32.4 Å². The van der Waals surface area contributed by atoms with Gasteiger partial charge in [-0.25, -0.2) is 4.98 Å². The van der Waals surface area contributed by atoms with E-state index in [-0.39, 0.29) is 5.84 Å². The van der Waals surface area contributed by atoms with E-state index in [1.807, 2.05) is 12.2 Å². The molecule has 1 aliphatic heterocycles. The largest absolute Gasteiger partial charge is 0.440 e. The van der Waals surface area contributed by atoms with Gasteiger partial charge in [-0.15, -0.1) is 0 Å². The molecule has 6 nitrogen and oxygen atoms in total. The van der Waals surface area contributed by atoms with Crippen LogP contribution in [-0.2, 0) is 0 Å². The molecule has 1 saturated carbocycles. The van der Waals surface area contributed by atoms with E-state index in [9.17, 15) is 0 Å². The number of allylic oxidation sites excluding steroid dienone is 4. The monoisotopic (exact) mass is 427 g/mol. The molecule has 0 bridgehead atoms. The summed E-state index contributed by atoms with van der Waals surface area (Å²) in [6.07, 6.45) is 12.2. The van der Waals surface area contributed by atoms with Crippen molar-refractivity contribution in [3.05, 3.63) is 54.8 Å². The molecule has 2 N–H and O–H groups in total. The highest BCUT2D eigenvalue weighted by molar-refractivity contribution is 8.13. The Hall–Kier alpha value is -2.12. The second-order valence-electron chi connectivity index (χ2n) is 8.27. The maximum absolute atomic E-state index is 8.27. The van der Waals surface area contributed by atoms with Crippen molar-refractivity contribution in [2.45, 2.75) is 32.6 Å². The van der Waals surface area contributed by atoms with Crippen LogP contribution in [0.25, 0.3) is 0 Å². The molecule has 1 aromatic heterocycles. The van der Waals surface area contributed by atoms with Gasteiger partial charge in [0, 0.05) is 19.3 Å². The molecule has 0 radical (unpaired) electrons. The van der Waals surface area contributed by atoms with Gasteiger partial charge in [0.25, 0.3) is 0 Å². The molecule has 2 unspecified atom stereocenters. The Morgan fingerprint density at radius 3 is 2.83 bits per heavy atom. The van der Waals surface area contributed by atoms with Crippen molar-refractivity contribution in [1.82, 2.24) is 14.8 Å². The number of hydrogen-bond donors (Lipinski definition) is 2. The molecular weight excluding hydrogens is 394 g/mol. The summed E-state index contributed by atoms with van der Waals surface area (Å²) in [4.78, 5) is 8.15. The summed E-state index contributed by atoms with van der Waals surface area (Å²) in [6.45, 7) is 13.0. The topological polar surface area (TPSA) is 80.2 Å². The zero-order valence-electron chi connectivity index (χ0n) is 18.1. The van der Waals surface area contributed by atoms with Crippen molar-refractivity contribution in [3.8, 4) is 0 Å². The highest BCUT2D eigenvalue weighted by Gasteiger charge is 2.50. The standard InChI is InChI=1S/C23H33N5OS/c1-5-8-18(6-2)19-9-10-23(19)11-13-28(15-23)12-7-14-30-22(25)27(4)21(24)20-17(3)26-16-29-20/h5-6,8,16,19,24-25H,1-2,7,9-15H2,3-4H3/b18-8+,24-21?,25-22?. The predicted octanol–water partition coefficient (Wildman–Crippen LogP) is 4.70. The number of hydrogen-bond acceptors (Lipinski definition) is 6. The Morgan fingerprint density at radius 2 is 2.23 bits per heavy atom. The van der Waals surface area contributed by atoms with Crippen molar-refractivity contribution >= 4 is 22.8 Å². The van der Waals surface area contributed by atoms with Gasteiger partial charge in [0.1, 0.15) is 0 Å². The Bertz CT molecular complexity index is 844. The van der Waals surface area contributed by atoms with Gasteiger partial charge in [-0.2, -0.15) is 0 Å². The minimum Gasteiger partial charge on any atom is -0.440 e. The fraction of sp³-hybridized carbons (Fsp3) is 0.522. The lowest BCUT2D eigenvalue weighted by Crippen LogP contribution is -2.43. The highest BCUT2D eigenvalue weighted by atomic mass is 32.2. The van der Waals surface area contributed by atoms with Crippen LogP contribution in [0.5, 0.6) is 0 Å². The molecule has 1 spiro atoms. The van der Waals surface area contributed by atoms with Gasteiger partial charge in [0.05, 0.1) is 5.69 Å². The van der Waals surface area contributed by atoms with Crippen molar-refractivity contribution in [2.24, 2.45) is 11.3 Å². The third-order valence-corrected chi connectivity index (χ3v) is 7.58. The first-order valence-electron chi connectivity index (χ1n) is 10.5. The molecule has 1 aromatic rings. The first-order chi connectivity index (χ1) is 14.4. The molecular formula is C23H33N5OS. The fourth-order valence-corrected chi connectivity index (χ4v) is 5.43. The number of thioether (sulfide) groups is 1. The van der Waals surface area contributed by atoms with Crippen molar-refractivity contribution < 1.29 is 4.42 Å². The third-order valence-electron chi connectivity index (χ3n) is 6.54. The lowest BCUT2D eigenvalue weighted by molar-refractivity contribution is 0.0690. The molecule has 2 fully saturated rings. The van der Waals surface area contributed by atoms with E-state index in [2.05, 4.69) is 29.1 Å². The molecule has 0 aromatic carbocycles. The van der Waals surface area contributed by atoms with Gasteiger partial charge < -0.3 is 14.2 Å². The number of aryl methyl sites for hydroxylation is 1. The Kier molecular flexibility index (Phi) is 7.36. The average Bonchev–Trinajstić information content (AvgIpc) is 3.36. The Morgan fingerprint density at radius 1 is 1.43 bits per heavy atom. The predicted molar refractivity (Wildman–Crippen MR) is 125 cm³/mol. The molecule has 2 heterocycles. The minimum atomic E-state index is 0.172. The van der Waals surface area contributed by atoms with Gasteiger partial charge in [0.15, 0.2) is 23.2 Å². The third kappa shape index (κ3) is 4.62. The van der Waals surface area contributed by atoms with E-state index in [0.29, 0.717) is 28.0 Å². The van der Waals surface area contributed by atoms with Crippen LogP contribution in [0.1, 0.15) is 37.1 Å². The van der Waals surface area contributed by atoms with E-state index < -0.39 is 0 Å². The van der Waals surface area contributed by atoms with E-state index in [4.69, 9.17) is 15.2 Å². The second-order valence-corrected chi connectivity index (χ2v) is 9.35. The normalized spacial score (nSPS) is 23.9. The number of rotatable bonds is 8. The summed E-state index contributed by atoms with van der Waals surface area (Å²) in [6, 6.07) is 0. The lowest BCUT2D eigenvalue weighted by atomic mass is 9.57. The summed E-state index contributed by atoms with van der Waals surface area (Å²) < 4.78 is 5.27. The highest BCUT2D eigenvalue weighted by Crippen LogP contribution is 2.55. The SMILES string of the molecule is C=C/C=C(\C=C)C1CCC12CCN(CCCSC(=N)N(C)C(=N)c1ocnc1C)C2. The number of nitrogens with one attached hydrogen (secondary N) is 2. The Labute approximate surface area is 184 Å². The summed E-state index contributed by atoms with van der Waals surface area (Å²) in [5.74, 6) is 2.09. The zero-order chi connectivity index (χ0) is 21.7. The average molecular weight is 428 g/mol. The van der Waals surface area contributed by atoms with Gasteiger partial charge in [-0.05, 0) is 62.6 Å². The smallest absolute Gasteiger partial charge is 0.192 e. The summed E-state index contributed by atoms with van der Waals surface area (Å²) >= 11 is 1.48. The van der Waals surface area contributed by atoms with E-state index in [1.165, 1.54) is 43.0 Å². The molecule has 1 saturated heterocycles. The van der Waals surface area contributed by atoms with E-state index >= 15 is 0 Å². The van der Waals surface area contributed by atoms with Gasteiger partial charge in [0.2, 0.25) is 0 Å². The number of aromatic nitrogens is 1. The van der Waals surface area contributed by atoms with Gasteiger partial charge >= 0.3 is 0 Å². The quantitative estimate of drug-likeness (QED) is 0.272. The van der Waals surface area contributed by atoms with Crippen LogP contribution in [0.3, 0.4) is 0 Å². The molecule has 0 amide bonds. The number of likely N-dealkylation sites (tertiary alicyclic amines) is 1. The maximum Gasteiger partial charge on any atom is 0.192 e. The molecule has 1 aliphatic carbocycles. The van der Waals surface area contributed by atoms with Crippen LogP contribution < -0.4 is 0 Å². The van der Waals surface area contributed by atoms with Crippen LogP contribution in [0.15, 0.2) is 47.8 Å². The number of amidine groups is 2. The molecule has 162 valence electrons. The molecule has 30 heavy (non-hydrogen) atoms. The Balaban J connectivity index is 1.41. The van der Waals surface area contributed by atoms with Crippen molar-refractivity contribution in [1.29, 1.82) is 10.8 Å². The lowest BCUT2D eigenvalue weighted by Gasteiger charge is -2.48. The maximum atomic E-state index is 8.27. The first kappa shape index (κ1) is 22.6. The van der Waals surface area contributed by atoms with Crippen LogP contribution in [-0.4, -0.2) is 58.2 Å². The van der Waals surface area contributed by atoms with Crippen LogP contribution in [0.2, 0.25) is 0 Å². The summed E-state index contributed by atoms with van der Waals surface area (Å²) in [5.41, 5.74) is 2.44. The fourth-order valence-electron chi connectivity index (χ4n) is 4.68. The molecule has 7 heteroatoms. The van der Waals surface area contributed by atoms with Gasteiger partial charge in [-0.1, -0.05) is 43.1 Å². The van der Waals surface area contributed by atoms with Crippen LogP contribution in [0.4, 0.5) is 0 Å². The zero-order valence-corrected chi connectivity index (χ0v) is 18.9. The molecule has 3 rings (SSSR count).